The summed E-state index contributed by atoms with van der Waals surface area (Å²) in [5.41, 5.74) is 0. The maximum Gasteiger partial charge on any atom is 0.205 e. The average Bonchev–Trinajstić information content (AvgIpc) is 2.68. The first kappa shape index (κ1) is 11.9. The summed E-state index contributed by atoms with van der Waals surface area (Å²) in [5.74, 6) is 0.924. The molecule has 0 aliphatic carbocycles. The molecule has 0 atom stereocenters. The van der Waals surface area contributed by atoms with Crippen LogP contribution in [0.25, 0.3) is 0 Å². The SMILES string of the molecule is CCCc1nsc(N(CC)CCC#N)n1. The van der Waals surface area contributed by atoms with Crippen LogP contribution in [0.4, 0.5) is 5.13 Å². The number of anilines is 1. The highest BCUT2D eigenvalue weighted by atomic mass is 32.1. The van der Waals surface area contributed by atoms with E-state index in [1.165, 1.54) is 11.5 Å². The van der Waals surface area contributed by atoms with Gasteiger partial charge in [-0.15, -0.1) is 0 Å². The number of hydrogen-bond acceptors (Lipinski definition) is 5. The topological polar surface area (TPSA) is 52.8 Å². The fourth-order valence-corrected chi connectivity index (χ4v) is 2.07. The lowest BCUT2D eigenvalue weighted by Gasteiger charge is -2.16. The summed E-state index contributed by atoms with van der Waals surface area (Å²) in [6.45, 7) is 5.81. The second-order valence-electron chi connectivity index (χ2n) is 3.23. The Morgan fingerprint density at radius 2 is 2.27 bits per heavy atom. The molecule has 0 aliphatic heterocycles. The average molecular weight is 224 g/mol. The number of aromatic nitrogens is 2. The van der Waals surface area contributed by atoms with Crippen molar-refractivity contribution in [2.75, 3.05) is 18.0 Å². The summed E-state index contributed by atoms with van der Waals surface area (Å²) in [4.78, 5) is 6.55. The number of aryl methyl sites for hydroxylation is 1. The minimum atomic E-state index is 0.538. The Hall–Kier alpha value is -1.15. The van der Waals surface area contributed by atoms with Crippen LogP contribution in [-0.2, 0) is 6.42 Å². The zero-order chi connectivity index (χ0) is 11.1. The van der Waals surface area contributed by atoms with E-state index >= 15 is 0 Å². The molecule has 0 spiro atoms. The predicted octanol–water partition coefficient (Wildman–Crippen LogP) is 2.23. The Kier molecular flexibility index (Phi) is 5.05. The lowest BCUT2D eigenvalue weighted by Crippen LogP contribution is -2.23. The number of nitrogens with zero attached hydrogens (tertiary/aromatic N) is 4. The second kappa shape index (κ2) is 6.36. The number of hydrogen-bond donors (Lipinski definition) is 0. The van der Waals surface area contributed by atoms with E-state index in [0.29, 0.717) is 6.42 Å². The Morgan fingerprint density at radius 1 is 1.47 bits per heavy atom. The van der Waals surface area contributed by atoms with Gasteiger partial charge in [-0.25, -0.2) is 4.98 Å². The minimum absolute atomic E-state index is 0.538. The smallest absolute Gasteiger partial charge is 0.205 e. The van der Waals surface area contributed by atoms with Crippen LogP contribution in [0.3, 0.4) is 0 Å². The molecule has 1 heterocycles. The normalized spacial score (nSPS) is 9.93. The largest absolute Gasteiger partial charge is 0.346 e. The van der Waals surface area contributed by atoms with Crippen LogP contribution in [0.15, 0.2) is 0 Å². The zero-order valence-corrected chi connectivity index (χ0v) is 10.0. The van der Waals surface area contributed by atoms with E-state index in [4.69, 9.17) is 5.26 Å². The highest BCUT2D eigenvalue weighted by Gasteiger charge is 2.09. The van der Waals surface area contributed by atoms with Crippen molar-refractivity contribution in [2.24, 2.45) is 0 Å². The van der Waals surface area contributed by atoms with Crippen molar-refractivity contribution in [1.82, 2.24) is 9.36 Å². The van der Waals surface area contributed by atoms with E-state index in [1.54, 1.807) is 0 Å². The van der Waals surface area contributed by atoms with E-state index in [-0.39, 0.29) is 0 Å². The van der Waals surface area contributed by atoms with Crippen molar-refractivity contribution in [3.05, 3.63) is 5.82 Å². The molecule has 0 fully saturated rings. The van der Waals surface area contributed by atoms with Crippen LogP contribution in [0.1, 0.15) is 32.5 Å². The van der Waals surface area contributed by atoms with Crippen molar-refractivity contribution in [3.63, 3.8) is 0 Å². The van der Waals surface area contributed by atoms with Gasteiger partial charge in [-0.2, -0.15) is 9.64 Å². The van der Waals surface area contributed by atoms with Crippen LogP contribution in [0.2, 0.25) is 0 Å². The predicted molar refractivity (Wildman–Crippen MR) is 62.0 cm³/mol. The van der Waals surface area contributed by atoms with E-state index < -0.39 is 0 Å². The fraction of sp³-hybridized carbons (Fsp3) is 0.700. The van der Waals surface area contributed by atoms with Crippen molar-refractivity contribution in [1.29, 1.82) is 5.26 Å². The molecule has 0 unspecified atom stereocenters. The van der Waals surface area contributed by atoms with Crippen molar-refractivity contribution < 1.29 is 0 Å². The van der Waals surface area contributed by atoms with Crippen LogP contribution >= 0.6 is 11.5 Å². The van der Waals surface area contributed by atoms with Gasteiger partial charge in [0.2, 0.25) is 5.13 Å². The minimum Gasteiger partial charge on any atom is -0.346 e. The van der Waals surface area contributed by atoms with Gasteiger partial charge in [0.15, 0.2) is 0 Å². The lowest BCUT2D eigenvalue weighted by atomic mass is 10.3. The van der Waals surface area contributed by atoms with Gasteiger partial charge in [0.1, 0.15) is 5.82 Å². The van der Waals surface area contributed by atoms with Gasteiger partial charge in [0.25, 0.3) is 0 Å². The van der Waals surface area contributed by atoms with Gasteiger partial charge in [-0.1, -0.05) is 6.92 Å². The second-order valence-corrected chi connectivity index (χ2v) is 3.96. The third kappa shape index (κ3) is 3.48. The Bertz CT molecular complexity index is 328. The van der Waals surface area contributed by atoms with Crippen LogP contribution in [-0.4, -0.2) is 22.4 Å². The molecule has 0 saturated heterocycles. The monoisotopic (exact) mass is 224 g/mol. The highest BCUT2D eigenvalue weighted by molar-refractivity contribution is 7.09. The molecule has 0 aliphatic rings. The van der Waals surface area contributed by atoms with Crippen molar-refractivity contribution in [2.45, 2.75) is 33.1 Å². The summed E-state index contributed by atoms with van der Waals surface area (Å²) < 4.78 is 4.29. The quantitative estimate of drug-likeness (QED) is 0.743. The molecule has 0 aromatic carbocycles. The molecule has 0 saturated carbocycles. The summed E-state index contributed by atoms with van der Waals surface area (Å²) in [5, 5.41) is 9.48. The molecule has 4 nitrogen and oxygen atoms in total. The Labute approximate surface area is 94.7 Å². The maximum atomic E-state index is 8.54. The highest BCUT2D eigenvalue weighted by Crippen LogP contribution is 2.17. The summed E-state index contributed by atoms with van der Waals surface area (Å²) >= 11 is 1.43. The molecule has 5 heteroatoms. The van der Waals surface area contributed by atoms with E-state index in [1.807, 2.05) is 0 Å². The van der Waals surface area contributed by atoms with Crippen molar-refractivity contribution in [3.8, 4) is 6.07 Å². The van der Waals surface area contributed by atoms with Gasteiger partial charge >= 0.3 is 0 Å². The molecule has 0 bridgehead atoms. The van der Waals surface area contributed by atoms with Crippen LogP contribution in [0.5, 0.6) is 0 Å². The molecule has 0 N–H and O–H groups in total. The van der Waals surface area contributed by atoms with Gasteiger partial charge in [0, 0.05) is 31.0 Å². The summed E-state index contributed by atoms with van der Waals surface area (Å²) in [6, 6.07) is 2.15. The van der Waals surface area contributed by atoms with E-state index in [0.717, 1.165) is 36.9 Å². The first-order valence-electron chi connectivity index (χ1n) is 5.26. The molecule has 0 radical (unpaired) electrons. The number of nitriles is 1. The van der Waals surface area contributed by atoms with Crippen molar-refractivity contribution >= 4 is 16.7 Å². The third-order valence-corrected chi connectivity index (χ3v) is 2.89. The zero-order valence-electron chi connectivity index (χ0n) is 9.23. The summed E-state index contributed by atoms with van der Waals surface area (Å²) in [7, 11) is 0. The molecular formula is C10H16N4S. The summed E-state index contributed by atoms with van der Waals surface area (Å²) in [6.07, 6.45) is 2.54. The van der Waals surface area contributed by atoms with E-state index in [9.17, 15) is 0 Å². The Balaban J connectivity index is 2.61. The van der Waals surface area contributed by atoms with Crippen LogP contribution < -0.4 is 4.90 Å². The fourth-order valence-electron chi connectivity index (χ4n) is 1.27. The number of rotatable bonds is 6. The first-order valence-corrected chi connectivity index (χ1v) is 6.03. The standard InChI is InChI=1S/C10H16N4S/c1-3-6-9-12-10(15-13-9)14(4-2)8-5-7-11/h3-6,8H2,1-2H3. The molecule has 1 aromatic rings. The van der Waals surface area contributed by atoms with E-state index in [2.05, 4.69) is 34.2 Å². The molecule has 1 rings (SSSR count). The molecular weight excluding hydrogens is 208 g/mol. The molecule has 1 aromatic heterocycles. The molecule has 0 amide bonds. The molecule has 82 valence electrons. The first-order chi connectivity index (χ1) is 7.31. The van der Waals surface area contributed by atoms with Gasteiger partial charge < -0.3 is 4.90 Å². The van der Waals surface area contributed by atoms with Crippen LogP contribution in [0, 0.1) is 11.3 Å². The molecule has 15 heavy (non-hydrogen) atoms. The van der Waals surface area contributed by atoms with Gasteiger partial charge in [-0.05, 0) is 13.3 Å². The van der Waals surface area contributed by atoms with Gasteiger partial charge in [-0.3, -0.25) is 0 Å². The third-order valence-electron chi connectivity index (χ3n) is 2.08. The van der Waals surface area contributed by atoms with Gasteiger partial charge in [0.05, 0.1) is 12.5 Å². The maximum absolute atomic E-state index is 8.54. The Morgan fingerprint density at radius 3 is 2.87 bits per heavy atom. The lowest BCUT2D eigenvalue weighted by molar-refractivity contribution is 0.807.